The molecule has 2 atom stereocenters. The fourth-order valence-corrected chi connectivity index (χ4v) is 4.42. The van der Waals surface area contributed by atoms with Crippen LogP contribution in [0.2, 0.25) is 0 Å². The number of rotatable bonds is 7. The molecule has 38 heavy (non-hydrogen) atoms. The van der Waals surface area contributed by atoms with Crippen molar-refractivity contribution in [3.8, 4) is 5.75 Å². The van der Waals surface area contributed by atoms with Crippen LogP contribution in [0.3, 0.4) is 0 Å². The van der Waals surface area contributed by atoms with Gasteiger partial charge in [-0.3, -0.25) is 14.5 Å². The van der Waals surface area contributed by atoms with Gasteiger partial charge in [-0.1, -0.05) is 0 Å². The number of Topliss-reactive ketones (excluding diaryl/α,β-unsaturated/α-hetero) is 1. The molecule has 11 heteroatoms. The molecule has 2 aliphatic rings. The summed E-state index contributed by atoms with van der Waals surface area (Å²) in [6, 6.07) is 9.12. The lowest BCUT2D eigenvalue weighted by atomic mass is 9.85. The van der Waals surface area contributed by atoms with Crippen LogP contribution in [0.5, 0.6) is 5.75 Å². The Labute approximate surface area is 227 Å². The fourth-order valence-electron chi connectivity index (χ4n) is 4.42. The molecular weight excluding hydrogens is 519 g/mol. The summed E-state index contributed by atoms with van der Waals surface area (Å²) in [7, 11) is 0. The molecule has 1 amide bonds. The molecule has 2 aromatic rings. The van der Waals surface area contributed by atoms with Crippen molar-refractivity contribution in [1.29, 1.82) is 0 Å². The van der Waals surface area contributed by atoms with Gasteiger partial charge in [-0.05, 0) is 63.2 Å². The fraction of sp³-hybridized carbons (Fsp3) is 0.444. The number of ketones is 1. The first-order valence-corrected chi connectivity index (χ1v) is 12.2. The summed E-state index contributed by atoms with van der Waals surface area (Å²) in [5.41, 5.74) is 0.0553. The van der Waals surface area contributed by atoms with Gasteiger partial charge in [-0.15, -0.1) is 12.4 Å². The quantitative estimate of drug-likeness (QED) is 0.408. The molecule has 0 saturated carbocycles. The summed E-state index contributed by atoms with van der Waals surface area (Å²) < 4.78 is 35.9. The zero-order valence-corrected chi connectivity index (χ0v) is 22.3. The van der Waals surface area contributed by atoms with Crippen LogP contribution < -0.4 is 10.1 Å². The number of carbonyl (C=O) groups is 3. The molecule has 1 fully saturated rings. The number of nitrogens with one attached hydrogen (secondary N) is 1. The number of nitrogens with zero attached hydrogens (tertiary/aromatic N) is 1. The Hall–Kier alpha value is -3.21. The Morgan fingerprint density at radius 1 is 1.08 bits per heavy atom. The van der Waals surface area contributed by atoms with E-state index >= 15 is 0 Å². The standard InChI is InChI=1S/C27H31FN2O7.ClH/c1-17(31)19-6-9-22-21(16-19)23(29-25(32)18-4-7-20(28)8-5-18)24(27(2,3)37-22)36-26(33)35-15-12-30-10-13-34-14-11-30;/h4-9,16,23-24H,10-15H2,1-3H3,(H,29,32);1H/t23-,24+;/m0./s1. The van der Waals surface area contributed by atoms with E-state index in [-0.39, 0.29) is 30.4 Å². The normalized spacial score (nSPS) is 20.2. The van der Waals surface area contributed by atoms with Crippen molar-refractivity contribution in [1.82, 2.24) is 10.2 Å². The Balaban J connectivity index is 0.00000400. The van der Waals surface area contributed by atoms with E-state index in [2.05, 4.69) is 10.2 Å². The highest BCUT2D eigenvalue weighted by molar-refractivity contribution is 5.95. The molecule has 9 nitrogen and oxygen atoms in total. The number of fused-ring (bicyclic) bond motifs is 1. The molecule has 1 N–H and O–H groups in total. The van der Waals surface area contributed by atoms with Crippen molar-refractivity contribution >= 4 is 30.3 Å². The highest BCUT2D eigenvalue weighted by atomic mass is 35.5. The highest BCUT2D eigenvalue weighted by Crippen LogP contribution is 2.42. The molecule has 206 valence electrons. The van der Waals surface area contributed by atoms with Crippen molar-refractivity contribution in [3.05, 3.63) is 65.0 Å². The van der Waals surface area contributed by atoms with Gasteiger partial charge in [-0.2, -0.15) is 0 Å². The summed E-state index contributed by atoms with van der Waals surface area (Å²) in [5, 5.41) is 2.89. The summed E-state index contributed by atoms with van der Waals surface area (Å²) in [4.78, 5) is 40.0. The molecule has 0 aromatic heterocycles. The Kier molecular flexibility index (Phi) is 9.70. The van der Waals surface area contributed by atoms with Gasteiger partial charge in [0.2, 0.25) is 0 Å². The average Bonchev–Trinajstić information content (AvgIpc) is 2.86. The second-order valence-corrected chi connectivity index (χ2v) is 9.56. The minimum atomic E-state index is -1.06. The Bertz CT molecular complexity index is 1150. The molecule has 2 heterocycles. The third-order valence-electron chi connectivity index (χ3n) is 6.46. The minimum Gasteiger partial charge on any atom is -0.484 e. The minimum absolute atomic E-state index is 0. The number of carbonyl (C=O) groups excluding carboxylic acids is 3. The van der Waals surface area contributed by atoms with Crippen molar-refractivity contribution in [3.63, 3.8) is 0 Å². The first-order chi connectivity index (χ1) is 17.6. The maximum absolute atomic E-state index is 13.4. The number of halogens is 2. The van der Waals surface area contributed by atoms with E-state index in [4.69, 9.17) is 18.9 Å². The van der Waals surface area contributed by atoms with Gasteiger partial charge in [0.25, 0.3) is 5.91 Å². The van der Waals surface area contributed by atoms with Crippen LogP contribution in [0, 0.1) is 5.82 Å². The lowest BCUT2D eigenvalue weighted by Crippen LogP contribution is -2.55. The van der Waals surface area contributed by atoms with E-state index in [1.54, 1.807) is 32.0 Å². The molecule has 0 radical (unpaired) electrons. The number of amides is 1. The van der Waals surface area contributed by atoms with Crippen LogP contribution in [0.4, 0.5) is 9.18 Å². The van der Waals surface area contributed by atoms with Gasteiger partial charge >= 0.3 is 6.16 Å². The van der Waals surface area contributed by atoms with Crippen molar-refractivity contribution in [2.24, 2.45) is 0 Å². The van der Waals surface area contributed by atoms with Gasteiger partial charge in [0, 0.05) is 36.3 Å². The van der Waals surface area contributed by atoms with E-state index in [1.165, 1.54) is 31.2 Å². The van der Waals surface area contributed by atoms with Gasteiger partial charge in [0.05, 0.1) is 19.3 Å². The van der Waals surface area contributed by atoms with Gasteiger partial charge in [0.15, 0.2) is 11.9 Å². The number of benzene rings is 2. The summed E-state index contributed by atoms with van der Waals surface area (Å²) in [6.45, 7) is 8.35. The van der Waals surface area contributed by atoms with Crippen LogP contribution in [-0.4, -0.2) is 73.9 Å². The number of morpholine rings is 1. The summed E-state index contributed by atoms with van der Waals surface area (Å²) in [6.07, 6.45) is -1.90. The second kappa shape index (κ2) is 12.6. The second-order valence-electron chi connectivity index (χ2n) is 9.56. The van der Waals surface area contributed by atoms with Crippen molar-refractivity contribution < 1.29 is 37.7 Å². The molecule has 0 aliphatic carbocycles. The third kappa shape index (κ3) is 7.00. The maximum Gasteiger partial charge on any atom is 0.508 e. The Morgan fingerprint density at radius 2 is 1.74 bits per heavy atom. The van der Waals surface area contributed by atoms with E-state index < -0.39 is 35.6 Å². The summed E-state index contributed by atoms with van der Waals surface area (Å²) >= 11 is 0. The van der Waals surface area contributed by atoms with Crippen molar-refractivity contribution in [2.75, 3.05) is 39.5 Å². The predicted molar refractivity (Wildman–Crippen MR) is 138 cm³/mol. The molecule has 1 saturated heterocycles. The summed E-state index contributed by atoms with van der Waals surface area (Å²) in [5.74, 6) is -0.700. The van der Waals surface area contributed by atoms with E-state index in [0.717, 1.165) is 13.1 Å². The topological polar surface area (TPSA) is 103 Å². The molecule has 0 unspecified atom stereocenters. The Morgan fingerprint density at radius 3 is 2.39 bits per heavy atom. The average molecular weight is 551 g/mol. The molecular formula is C27H32ClFN2O7. The zero-order chi connectivity index (χ0) is 26.6. The lowest BCUT2D eigenvalue weighted by molar-refractivity contribution is -0.0896. The number of ether oxygens (including phenoxy) is 4. The van der Waals surface area contributed by atoms with Crippen LogP contribution in [0.1, 0.15) is 53.1 Å². The van der Waals surface area contributed by atoms with Crippen LogP contribution in [0.15, 0.2) is 42.5 Å². The third-order valence-corrected chi connectivity index (χ3v) is 6.46. The number of hydrogen-bond donors (Lipinski definition) is 1. The number of hydrogen-bond acceptors (Lipinski definition) is 8. The van der Waals surface area contributed by atoms with Crippen LogP contribution >= 0.6 is 12.4 Å². The van der Waals surface area contributed by atoms with Gasteiger partial charge < -0.3 is 24.3 Å². The van der Waals surface area contributed by atoms with Crippen molar-refractivity contribution in [2.45, 2.75) is 38.5 Å². The van der Waals surface area contributed by atoms with E-state index in [9.17, 15) is 18.8 Å². The molecule has 2 aliphatic heterocycles. The molecule has 4 rings (SSSR count). The maximum atomic E-state index is 13.4. The van der Waals surface area contributed by atoms with E-state index in [0.29, 0.717) is 36.6 Å². The van der Waals surface area contributed by atoms with Crippen LogP contribution in [0.25, 0.3) is 0 Å². The van der Waals surface area contributed by atoms with Gasteiger partial charge in [-0.25, -0.2) is 9.18 Å². The molecule has 2 aromatic carbocycles. The van der Waals surface area contributed by atoms with E-state index in [1.807, 2.05) is 0 Å². The monoisotopic (exact) mass is 550 g/mol. The zero-order valence-electron chi connectivity index (χ0n) is 21.5. The SMILES string of the molecule is CC(=O)c1ccc2c(c1)[C@H](NC(=O)c1ccc(F)cc1)[C@@H](OC(=O)OCCN1CCOCC1)C(C)(C)O2.Cl. The molecule has 0 spiro atoms. The first-order valence-electron chi connectivity index (χ1n) is 12.2. The predicted octanol–water partition coefficient (Wildman–Crippen LogP) is 3.95. The first kappa shape index (κ1) is 29.3. The lowest BCUT2D eigenvalue weighted by Gasteiger charge is -2.44. The van der Waals surface area contributed by atoms with Crippen LogP contribution in [-0.2, 0) is 14.2 Å². The smallest absolute Gasteiger partial charge is 0.484 e. The largest absolute Gasteiger partial charge is 0.508 e. The highest BCUT2D eigenvalue weighted by Gasteiger charge is 2.48. The van der Waals surface area contributed by atoms with Gasteiger partial charge in [0.1, 0.15) is 23.8 Å². The molecule has 0 bridgehead atoms.